The minimum atomic E-state index is -4.80. The van der Waals surface area contributed by atoms with Gasteiger partial charge in [0.2, 0.25) is 0 Å². The molecule has 0 aromatic rings. The highest BCUT2D eigenvalue weighted by Crippen LogP contribution is 2.40. The number of piperidine rings is 2. The van der Waals surface area contributed by atoms with Crippen molar-refractivity contribution in [3.63, 3.8) is 0 Å². The van der Waals surface area contributed by atoms with E-state index in [1.807, 2.05) is 0 Å². The Morgan fingerprint density at radius 3 is 2.84 bits per heavy atom. The highest BCUT2D eigenvalue weighted by atomic mass is 32.3. The van der Waals surface area contributed by atoms with E-state index in [4.69, 9.17) is 9.39 Å². The largest absolute Gasteiger partial charge is 0.418 e. The first-order chi connectivity index (χ1) is 11.8. The number of amides is 3. The molecule has 1 aliphatic carbocycles. The molecule has 1 saturated carbocycles. The molecule has 3 aliphatic heterocycles. The van der Waals surface area contributed by atoms with Gasteiger partial charge in [0.05, 0.1) is 12.6 Å². The molecule has 140 valence electrons. The molecule has 0 aromatic heterocycles. The quantitative estimate of drug-likeness (QED) is 0.388. The van der Waals surface area contributed by atoms with Gasteiger partial charge in [-0.1, -0.05) is 0 Å². The highest BCUT2D eigenvalue weighted by molar-refractivity contribution is 7.80. The third kappa shape index (κ3) is 3.44. The summed E-state index contributed by atoms with van der Waals surface area (Å²) >= 11 is 0. The second-order valence-corrected chi connectivity index (χ2v) is 7.99. The summed E-state index contributed by atoms with van der Waals surface area (Å²) in [5, 5.41) is 4.01. The number of fused-ring (bicyclic) bond motifs is 3. The standard InChI is InChI=1S/C13H20N4O7S/c18-12(15-23-6-8-3-7-4-10(7)14-8)11-2-1-9-5-16(11)13(19)17(9)24-25(20,21)22/h7-11,14H,1-6H2,(H,15,18)(H,20,21,22)/t7?,8?,9-,10?,11+/m1/s1. The van der Waals surface area contributed by atoms with Crippen molar-refractivity contribution in [1.82, 2.24) is 20.8 Å². The van der Waals surface area contributed by atoms with Crippen LogP contribution in [0.3, 0.4) is 0 Å². The van der Waals surface area contributed by atoms with Crippen molar-refractivity contribution in [1.29, 1.82) is 0 Å². The van der Waals surface area contributed by atoms with E-state index < -0.39 is 34.4 Å². The van der Waals surface area contributed by atoms with Gasteiger partial charge in [0.15, 0.2) is 0 Å². The van der Waals surface area contributed by atoms with Crippen LogP contribution in [0, 0.1) is 5.92 Å². The average molecular weight is 376 g/mol. The van der Waals surface area contributed by atoms with Gasteiger partial charge in [-0.15, -0.1) is 4.28 Å². The molecular formula is C13H20N4O7S. The monoisotopic (exact) mass is 376 g/mol. The van der Waals surface area contributed by atoms with Crippen LogP contribution in [0.15, 0.2) is 0 Å². The Hall–Kier alpha value is -1.47. The zero-order chi connectivity index (χ0) is 17.8. The molecule has 2 bridgehead atoms. The molecule has 4 fully saturated rings. The summed E-state index contributed by atoms with van der Waals surface area (Å²) in [5.74, 6) is 0.277. The number of hydroxylamine groups is 3. The lowest BCUT2D eigenvalue weighted by Gasteiger charge is -2.29. The average Bonchev–Trinajstić information content (AvgIpc) is 3.09. The van der Waals surface area contributed by atoms with Crippen LogP contribution in [0.4, 0.5) is 4.79 Å². The summed E-state index contributed by atoms with van der Waals surface area (Å²) in [4.78, 5) is 31.0. The van der Waals surface area contributed by atoms with E-state index in [-0.39, 0.29) is 12.6 Å². The summed E-state index contributed by atoms with van der Waals surface area (Å²) in [6.45, 7) is 0.514. The SMILES string of the molecule is O=C(NOCC1CC2CC2N1)[C@@H]1CC[C@@H]2CN1C(=O)N2OS(=O)(=O)O. The molecular weight excluding hydrogens is 356 g/mol. The van der Waals surface area contributed by atoms with Gasteiger partial charge in [-0.3, -0.25) is 14.2 Å². The number of nitrogens with zero attached hydrogens (tertiary/aromatic N) is 2. The summed E-state index contributed by atoms with van der Waals surface area (Å²) in [5.41, 5.74) is 2.38. The van der Waals surface area contributed by atoms with Crippen LogP contribution in [0.1, 0.15) is 25.7 Å². The number of hydrogen-bond acceptors (Lipinski definition) is 7. The van der Waals surface area contributed by atoms with Crippen molar-refractivity contribution in [2.45, 2.75) is 49.9 Å². The van der Waals surface area contributed by atoms with E-state index >= 15 is 0 Å². The first-order valence-corrected chi connectivity index (χ1v) is 9.63. The highest BCUT2D eigenvalue weighted by Gasteiger charge is 2.49. The normalized spacial score (nSPS) is 36.5. The van der Waals surface area contributed by atoms with E-state index in [9.17, 15) is 18.0 Å². The van der Waals surface area contributed by atoms with E-state index in [2.05, 4.69) is 15.1 Å². The molecule has 0 aromatic carbocycles. The summed E-state index contributed by atoms with van der Waals surface area (Å²) in [6.07, 6.45) is 2.98. The van der Waals surface area contributed by atoms with Gasteiger partial charge in [0.1, 0.15) is 6.04 Å². The Balaban J connectivity index is 1.29. The van der Waals surface area contributed by atoms with Crippen LogP contribution in [-0.2, 0) is 24.3 Å². The zero-order valence-corrected chi connectivity index (χ0v) is 14.1. The summed E-state index contributed by atoms with van der Waals surface area (Å²) < 4.78 is 34.8. The van der Waals surface area contributed by atoms with Crippen LogP contribution in [0.5, 0.6) is 0 Å². The Bertz CT molecular complexity index is 676. The molecule has 4 rings (SSSR count). The Morgan fingerprint density at radius 1 is 1.36 bits per heavy atom. The molecule has 4 aliphatic rings. The predicted molar refractivity (Wildman–Crippen MR) is 80.9 cm³/mol. The van der Waals surface area contributed by atoms with Crippen molar-refractivity contribution in [2.75, 3.05) is 13.2 Å². The first-order valence-electron chi connectivity index (χ1n) is 8.26. The third-order valence-electron chi connectivity index (χ3n) is 5.22. The number of carbonyl (C=O) groups is 2. The first kappa shape index (κ1) is 17.0. The number of nitrogens with one attached hydrogen (secondary N) is 2. The summed E-state index contributed by atoms with van der Waals surface area (Å²) in [7, 11) is -4.80. The van der Waals surface area contributed by atoms with E-state index in [1.165, 1.54) is 11.3 Å². The molecule has 0 spiro atoms. The minimum Gasteiger partial charge on any atom is -0.309 e. The lowest BCUT2D eigenvalue weighted by molar-refractivity contribution is -0.139. The zero-order valence-electron chi connectivity index (χ0n) is 13.3. The number of carbonyl (C=O) groups excluding carboxylic acids is 2. The number of urea groups is 1. The van der Waals surface area contributed by atoms with Gasteiger partial charge < -0.3 is 10.2 Å². The third-order valence-corrected chi connectivity index (χ3v) is 5.57. The molecule has 12 heteroatoms. The van der Waals surface area contributed by atoms with Crippen LogP contribution in [0.2, 0.25) is 0 Å². The smallest absolute Gasteiger partial charge is 0.309 e. The molecule has 3 amide bonds. The Kier molecular flexibility index (Phi) is 4.11. The van der Waals surface area contributed by atoms with Crippen LogP contribution in [0.25, 0.3) is 0 Å². The maximum Gasteiger partial charge on any atom is 0.418 e. The Morgan fingerprint density at radius 2 is 2.16 bits per heavy atom. The lowest BCUT2D eigenvalue weighted by Crippen LogP contribution is -2.50. The maximum atomic E-state index is 12.3. The topological polar surface area (TPSA) is 138 Å². The van der Waals surface area contributed by atoms with Crippen LogP contribution < -0.4 is 10.8 Å². The van der Waals surface area contributed by atoms with Crippen LogP contribution >= 0.6 is 0 Å². The van der Waals surface area contributed by atoms with Crippen LogP contribution in [-0.4, -0.2) is 72.2 Å². The van der Waals surface area contributed by atoms with Crippen molar-refractivity contribution >= 4 is 22.3 Å². The van der Waals surface area contributed by atoms with Gasteiger partial charge in [-0.05, 0) is 31.6 Å². The molecule has 11 nitrogen and oxygen atoms in total. The van der Waals surface area contributed by atoms with Gasteiger partial charge in [0.25, 0.3) is 5.91 Å². The van der Waals surface area contributed by atoms with E-state index in [1.54, 1.807) is 0 Å². The second-order valence-electron chi connectivity index (χ2n) is 6.99. The molecule has 3 saturated heterocycles. The van der Waals surface area contributed by atoms with Crippen molar-refractivity contribution in [3.8, 4) is 0 Å². The number of rotatable bonds is 6. The fourth-order valence-corrected chi connectivity index (χ4v) is 4.34. The number of hydrogen-bond donors (Lipinski definition) is 3. The molecule has 3 N–H and O–H groups in total. The second kappa shape index (κ2) is 6.06. The van der Waals surface area contributed by atoms with E-state index in [0.29, 0.717) is 30.6 Å². The van der Waals surface area contributed by atoms with Crippen molar-refractivity contribution in [3.05, 3.63) is 0 Å². The van der Waals surface area contributed by atoms with Gasteiger partial charge in [-0.25, -0.2) is 10.3 Å². The van der Waals surface area contributed by atoms with Crippen molar-refractivity contribution in [2.24, 2.45) is 5.92 Å². The molecule has 5 atom stereocenters. The lowest BCUT2D eigenvalue weighted by atomic mass is 10.0. The van der Waals surface area contributed by atoms with E-state index in [0.717, 1.165) is 12.3 Å². The molecule has 3 unspecified atom stereocenters. The predicted octanol–water partition coefficient (Wildman–Crippen LogP) is -1.21. The van der Waals surface area contributed by atoms with Gasteiger partial charge in [-0.2, -0.15) is 13.5 Å². The fourth-order valence-electron chi connectivity index (χ4n) is 3.95. The maximum absolute atomic E-state index is 12.3. The molecule has 0 radical (unpaired) electrons. The minimum absolute atomic E-state index is 0.153. The summed E-state index contributed by atoms with van der Waals surface area (Å²) in [6, 6.07) is -1.22. The van der Waals surface area contributed by atoms with Crippen molar-refractivity contribution < 1.29 is 31.7 Å². The van der Waals surface area contributed by atoms with Gasteiger partial charge >= 0.3 is 16.4 Å². The molecule has 3 heterocycles. The van der Waals surface area contributed by atoms with Gasteiger partial charge in [0, 0.05) is 18.6 Å². The molecule has 25 heavy (non-hydrogen) atoms. The Labute approximate surface area is 144 Å². The fraction of sp³-hybridized carbons (Fsp3) is 0.846.